The molecule has 4 aliphatic rings. The number of alkyl halides is 1. The molecule has 0 spiro atoms. The number of rotatable bonds is 3. The van der Waals surface area contributed by atoms with Gasteiger partial charge in [-0.1, -0.05) is 25.5 Å². The Labute approximate surface area is 187 Å². The number of aliphatic hydroxyl groups excluding tert-OH is 1. The molecule has 0 heterocycles. The smallest absolute Gasteiger partial charge is 0.325 e. The number of amides is 1. The molecule has 0 bridgehead atoms. The zero-order valence-corrected chi connectivity index (χ0v) is 19.0. The molecule has 0 aliphatic heterocycles. The van der Waals surface area contributed by atoms with Gasteiger partial charge in [-0.25, -0.2) is 4.39 Å². The monoisotopic (exact) mass is 449 g/mol. The fourth-order valence-electron chi connectivity index (χ4n) is 7.39. The molecule has 3 fully saturated rings. The minimum absolute atomic E-state index is 0.109. The topological polar surface area (TPSA) is 113 Å². The maximum atomic E-state index is 17.0. The number of hydrogen-bond acceptors (Lipinski definition) is 6. The molecule has 8 heteroatoms. The van der Waals surface area contributed by atoms with Crippen LogP contribution in [0.15, 0.2) is 23.8 Å². The normalized spacial score (nSPS) is 47.1. The number of ether oxygens (including phenoxy) is 1. The number of esters is 1. The van der Waals surface area contributed by atoms with Crippen LogP contribution in [0, 0.1) is 28.6 Å². The van der Waals surface area contributed by atoms with E-state index >= 15 is 4.39 Å². The van der Waals surface area contributed by atoms with E-state index in [9.17, 15) is 24.6 Å². The number of carbonyl (C=O) groups is 3. The van der Waals surface area contributed by atoms with Crippen LogP contribution in [0.5, 0.6) is 0 Å². The first-order valence-corrected chi connectivity index (χ1v) is 11.2. The summed E-state index contributed by atoms with van der Waals surface area (Å²) in [6.45, 7) is 4.85. The Bertz CT molecular complexity index is 931. The van der Waals surface area contributed by atoms with Crippen molar-refractivity contribution in [2.75, 3.05) is 13.7 Å². The molecule has 0 aromatic carbocycles. The minimum Gasteiger partial charge on any atom is -0.468 e. The van der Waals surface area contributed by atoms with Crippen LogP contribution in [-0.4, -0.2) is 58.9 Å². The predicted octanol–water partition coefficient (Wildman–Crippen LogP) is 1.62. The Kier molecular flexibility index (Phi) is 5.21. The van der Waals surface area contributed by atoms with Gasteiger partial charge < -0.3 is 20.3 Å². The third-order valence-electron chi connectivity index (χ3n) is 9.19. The summed E-state index contributed by atoms with van der Waals surface area (Å²) in [6.07, 6.45) is 4.23. The third-order valence-corrected chi connectivity index (χ3v) is 9.19. The van der Waals surface area contributed by atoms with Crippen molar-refractivity contribution in [3.05, 3.63) is 23.8 Å². The lowest BCUT2D eigenvalue weighted by molar-refractivity contribution is -0.219. The fraction of sp³-hybridized carbons (Fsp3) is 0.708. The van der Waals surface area contributed by atoms with Gasteiger partial charge in [-0.3, -0.25) is 14.4 Å². The second-order valence-electron chi connectivity index (χ2n) is 10.4. The molecule has 32 heavy (non-hydrogen) atoms. The van der Waals surface area contributed by atoms with Crippen molar-refractivity contribution in [2.45, 2.75) is 63.8 Å². The van der Waals surface area contributed by atoms with E-state index < -0.39 is 51.9 Å². The van der Waals surface area contributed by atoms with E-state index in [0.29, 0.717) is 24.8 Å². The molecule has 1 amide bonds. The molecule has 0 radical (unpaired) electrons. The van der Waals surface area contributed by atoms with Crippen LogP contribution < -0.4 is 5.32 Å². The predicted molar refractivity (Wildman–Crippen MR) is 113 cm³/mol. The first-order valence-electron chi connectivity index (χ1n) is 11.2. The first kappa shape index (κ1) is 23.1. The molecule has 8 atom stereocenters. The van der Waals surface area contributed by atoms with Crippen LogP contribution in [0.3, 0.4) is 0 Å². The summed E-state index contributed by atoms with van der Waals surface area (Å²) in [6, 6.07) is 0. The van der Waals surface area contributed by atoms with E-state index in [1.807, 2.05) is 0 Å². The highest BCUT2D eigenvalue weighted by Gasteiger charge is 2.75. The SMILES string of the molecule is COC(=O)CNC(=O)C1(O)C(C)CC2C3CCC4=CC(=O)C=CC4(C)C3(F)C(O)CC21C. The van der Waals surface area contributed by atoms with Gasteiger partial charge >= 0.3 is 5.97 Å². The Hall–Kier alpha value is -2.06. The van der Waals surface area contributed by atoms with Gasteiger partial charge in [0.1, 0.15) is 6.54 Å². The molecule has 0 aromatic rings. The van der Waals surface area contributed by atoms with Gasteiger partial charge in [0.25, 0.3) is 5.91 Å². The third kappa shape index (κ3) is 2.68. The van der Waals surface area contributed by atoms with Crippen molar-refractivity contribution >= 4 is 17.7 Å². The lowest BCUT2D eigenvalue weighted by Gasteiger charge is -2.62. The van der Waals surface area contributed by atoms with E-state index in [-0.39, 0.29) is 24.7 Å². The van der Waals surface area contributed by atoms with Crippen molar-refractivity contribution in [1.82, 2.24) is 5.32 Å². The highest BCUT2D eigenvalue weighted by molar-refractivity contribution is 6.01. The average Bonchev–Trinajstić information content (AvgIpc) is 2.94. The largest absolute Gasteiger partial charge is 0.468 e. The molecule has 8 unspecified atom stereocenters. The van der Waals surface area contributed by atoms with Crippen LogP contribution in [0.1, 0.15) is 46.5 Å². The molecule has 4 aliphatic carbocycles. The highest BCUT2D eigenvalue weighted by Crippen LogP contribution is 2.70. The summed E-state index contributed by atoms with van der Waals surface area (Å²) in [5.41, 5.74) is -5.42. The maximum Gasteiger partial charge on any atom is 0.325 e. The number of ketones is 1. The molecular formula is C24H32FNO6. The van der Waals surface area contributed by atoms with E-state index in [4.69, 9.17) is 0 Å². The zero-order valence-electron chi connectivity index (χ0n) is 19.0. The van der Waals surface area contributed by atoms with Gasteiger partial charge in [0.15, 0.2) is 17.1 Å². The van der Waals surface area contributed by atoms with Crippen molar-refractivity contribution in [1.29, 1.82) is 0 Å². The summed E-state index contributed by atoms with van der Waals surface area (Å²) in [5.74, 6) is -2.98. The van der Waals surface area contributed by atoms with Gasteiger partial charge in [-0.15, -0.1) is 0 Å². The molecule has 176 valence electrons. The molecule has 4 rings (SSSR count). The Morgan fingerprint density at radius 2 is 2.00 bits per heavy atom. The quantitative estimate of drug-likeness (QED) is 0.565. The summed E-state index contributed by atoms with van der Waals surface area (Å²) in [4.78, 5) is 36.6. The number of carbonyl (C=O) groups excluding carboxylic acids is 3. The maximum absolute atomic E-state index is 17.0. The van der Waals surface area contributed by atoms with Gasteiger partial charge in [0, 0.05) is 16.7 Å². The zero-order chi connectivity index (χ0) is 23.7. The molecule has 0 aromatic heterocycles. The van der Waals surface area contributed by atoms with Gasteiger partial charge in [-0.05, 0) is 56.6 Å². The molecule has 3 saturated carbocycles. The number of halogens is 1. The number of allylic oxidation sites excluding steroid dienone is 4. The van der Waals surface area contributed by atoms with Crippen LogP contribution in [0.2, 0.25) is 0 Å². The van der Waals surface area contributed by atoms with Gasteiger partial charge in [-0.2, -0.15) is 0 Å². The summed E-state index contributed by atoms with van der Waals surface area (Å²) >= 11 is 0. The molecular weight excluding hydrogens is 417 g/mol. The number of nitrogens with one attached hydrogen (secondary N) is 1. The van der Waals surface area contributed by atoms with Gasteiger partial charge in [0.05, 0.1) is 13.2 Å². The number of fused-ring (bicyclic) bond motifs is 5. The van der Waals surface area contributed by atoms with Crippen molar-refractivity contribution in [2.24, 2.45) is 28.6 Å². The average molecular weight is 450 g/mol. The minimum atomic E-state index is -2.02. The van der Waals surface area contributed by atoms with Crippen molar-refractivity contribution in [3.63, 3.8) is 0 Å². The molecule has 7 nitrogen and oxygen atoms in total. The fourth-order valence-corrected chi connectivity index (χ4v) is 7.39. The number of methoxy groups -OCH3 is 1. The van der Waals surface area contributed by atoms with E-state index in [1.165, 1.54) is 19.3 Å². The Morgan fingerprint density at radius 3 is 2.66 bits per heavy atom. The van der Waals surface area contributed by atoms with Gasteiger partial charge in [0.2, 0.25) is 0 Å². The van der Waals surface area contributed by atoms with Crippen LogP contribution in [-0.2, 0) is 19.1 Å². The summed E-state index contributed by atoms with van der Waals surface area (Å²) < 4.78 is 21.6. The van der Waals surface area contributed by atoms with Crippen LogP contribution in [0.25, 0.3) is 0 Å². The number of hydrogen-bond donors (Lipinski definition) is 3. The summed E-state index contributed by atoms with van der Waals surface area (Å²) in [5, 5.41) is 25.5. The van der Waals surface area contributed by atoms with Crippen LogP contribution >= 0.6 is 0 Å². The van der Waals surface area contributed by atoms with E-state index in [1.54, 1.807) is 26.8 Å². The molecule has 3 N–H and O–H groups in total. The standard InChI is InChI=1S/C24H32FNO6/c1-13-9-17-16-6-5-14-10-15(27)7-8-21(14,2)23(16,25)18(28)11-22(17,3)24(13,31)20(30)26-12-19(29)32-4/h7-8,10,13,16-18,28,31H,5-6,9,11-12H2,1-4H3,(H,26,30). The highest BCUT2D eigenvalue weighted by atomic mass is 19.1. The van der Waals surface area contributed by atoms with Crippen molar-refractivity contribution in [3.8, 4) is 0 Å². The lowest BCUT2D eigenvalue weighted by atomic mass is 9.44. The van der Waals surface area contributed by atoms with E-state index in [2.05, 4.69) is 10.1 Å². The summed E-state index contributed by atoms with van der Waals surface area (Å²) in [7, 11) is 1.21. The van der Waals surface area contributed by atoms with Crippen LogP contribution in [0.4, 0.5) is 4.39 Å². The number of aliphatic hydroxyl groups is 2. The first-order chi connectivity index (χ1) is 14.9. The lowest BCUT2D eigenvalue weighted by Crippen LogP contribution is -2.70. The Balaban J connectivity index is 1.73. The Morgan fingerprint density at radius 1 is 1.31 bits per heavy atom. The second-order valence-corrected chi connectivity index (χ2v) is 10.4. The van der Waals surface area contributed by atoms with E-state index in [0.717, 1.165) is 0 Å². The molecule has 0 saturated heterocycles. The second kappa shape index (κ2) is 7.22. The van der Waals surface area contributed by atoms with Crippen molar-refractivity contribution < 1.29 is 33.7 Å².